The molecule has 4 atom stereocenters. The average Bonchev–Trinajstić information content (AvgIpc) is 3.44. The molecule has 2 saturated heterocycles. The Kier molecular flexibility index (Phi) is 4.19. The van der Waals surface area contributed by atoms with Crippen LogP contribution in [0.5, 0.6) is 0 Å². The maximum atomic E-state index is 14.8. The molecule has 166 valence electrons. The molecule has 10 heteroatoms. The molecule has 2 fully saturated rings. The summed E-state index contributed by atoms with van der Waals surface area (Å²) < 4.78 is 18.1. The molecule has 6 rings (SSSR count). The second-order valence-corrected chi connectivity index (χ2v) is 9.29. The van der Waals surface area contributed by atoms with Gasteiger partial charge in [-0.2, -0.15) is 10.1 Å². The fourth-order valence-electron chi connectivity index (χ4n) is 5.48. The van der Waals surface area contributed by atoms with Crippen molar-refractivity contribution in [2.45, 2.75) is 43.6 Å². The zero-order valence-electron chi connectivity index (χ0n) is 17.7. The van der Waals surface area contributed by atoms with Crippen LogP contribution in [0.1, 0.15) is 19.3 Å². The molecule has 8 nitrogen and oxygen atoms in total. The maximum absolute atomic E-state index is 14.8. The third kappa shape index (κ3) is 2.61. The summed E-state index contributed by atoms with van der Waals surface area (Å²) >= 11 is 6.71. The number of hydrogen-bond acceptors (Lipinski definition) is 5. The maximum Gasteiger partial charge on any atom is 0.264 e. The van der Waals surface area contributed by atoms with Gasteiger partial charge in [-0.05, 0) is 25.3 Å². The Bertz CT molecular complexity index is 1440. The van der Waals surface area contributed by atoms with E-state index in [1.807, 2.05) is 30.3 Å². The van der Waals surface area contributed by atoms with Crippen LogP contribution in [0.3, 0.4) is 0 Å². The molecule has 32 heavy (non-hydrogen) atoms. The molecule has 0 unspecified atom stereocenters. The molecule has 2 aliphatic heterocycles. The van der Waals surface area contributed by atoms with Gasteiger partial charge < -0.3 is 15.6 Å². The lowest BCUT2D eigenvalue weighted by Gasteiger charge is -2.41. The summed E-state index contributed by atoms with van der Waals surface area (Å²) in [6.07, 6.45) is 4.60. The van der Waals surface area contributed by atoms with Gasteiger partial charge >= 0.3 is 0 Å². The van der Waals surface area contributed by atoms with Gasteiger partial charge in [-0.1, -0.05) is 17.7 Å². The van der Waals surface area contributed by atoms with E-state index in [-0.39, 0.29) is 17.6 Å². The Morgan fingerprint density at radius 2 is 2.06 bits per heavy atom. The van der Waals surface area contributed by atoms with Crippen molar-refractivity contribution in [3.8, 4) is 11.1 Å². The van der Waals surface area contributed by atoms with E-state index in [1.165, 1.54) is 4.57 Å². The number of nitrogens with two attached hydrogens (primary N) is 1. The van der Waals surface area contributed by atoms with E-state index in [1.54, 1.807) is 17.9 Å². The van der Waals surface area contributed by atoms with Gasteiger partial charge in [0.2, 0.25) is 5.95 Å². The van der Waals surface area contributed by atoms with Crippen LogP contribution in [0, 0.1) is 0 Å². The Morgan fingerprint density at radius 1 is 1.25 bits per heavy atom. The first-order chi connectivity index (χ1) is 15.3. The standard InChI is InChI=1S/C22H23ClFN7O/c1-29-9-13-15(28-29)5-4-11(18(13)23)12-8-26-20-17(12)21(32)30(2)22(27-20)31-10-3-6-16(31)19(24)14(25)7-10/h4-5,8-10,14,16,19,26H,3,6-7,25H2,1-2H3/t10-,14+,16+,19+/m0/s1. The monoisotopic (exact) mass is 455 g/mol. The van der Waals surface area contributed by atoms with Gasteiger partial charge in [-0.15, -0.1) is 0 Å². The number of aryl methyl sites for hydroxylation is 1. The molecule has 2 aliphatic rings. The number of nitrogens with one attached hydrogen (secondary N) is 1. The first kappa shape index (κ1) is 19.8. The second kappa shape index (κ2) is 6.79. The van der Waals surface area contributed by atoms with Crippen molar-refractivity contribution in [1.29, 1.82) is 0 Å². The average molecular weight is 456 g/mol. The number of benzene rings is 1. The number of piperidine rings is 1. The summed E-state index contributed by atoms with van der Waals surface area (Å²) in [7, 11) is 3.53. The predicted octanol–water partition coefficient (Wildman–Crippen LogP) is 2.88. The molecule has 4 aromatic rings. The number of halogens is 2. The molecule has 0 amide bonds. The van der Waals surface area contributed by atoms with Crippen LogP contribution in [-0.2, 0) is 14.1 Å². The predicted molar refractivity (Wildman–Crippen MR) is 123 cm³/mol. The van der Waals surface area contributed by atoms with Crippen molar-refractivity contribution in [3.63, 3.8) is 0 Å². The molecule has 3 aromatic heterocycles. The third-order valence-electron chi connectivity index (χ3n) is 7.02. The Balaban J connectivity index is 1.52. The minimum atomic E-state index is -1.13. The Labute approximate surface area is 187 Å². The lowest BCUT2D eigenvalue weighted by atomic mass is 9.96. The van der Waals surface area contributed by atoms with E-state index < -0.39 is 12.2 Å². The number of nitrogens with zero attached hydrogens (tertiary/aromatic N) is 5. The smallest absolute Gasteiger partial charge is 0.264 e. The Morgan fingerprint density at radius 3 is 2.88 bits per heavy atom. The highest BCUT2D eigenvalue weighted by atomic mass is 35.5. The van der Waals surface area contributed by atoms with Crippen molar-refractivity contribution in [2.24, 2.45) is 19.8 Å². The summed E-state index contributed by atoms with van der Waals surface area (Å²) in [5.74, 6) is 0.478. The number of anilines is 1. The van der Waals surface area contributed by atoms with Gasteiger partial charge in [0.1, 0.15) is 11.8 Å². The molecule has 0 saturated carbocycles. The third-order valence-corrected chi connectivity index (χ3v) is 7.42. The van der Waals surface area contributed by atoms with Crippen LogP contribution < -0.4 is 16.2 Å². The summed E-state index contributed by atoms with van der Waals surface area (Å²) in [4.78, 5) is 23.4. The van der Waals surface area contributed by atoms with Crippen molar-refractivity contribution in [1.82, 2.24) is 24.3 Å². The molecule has 0 radical (unpaired) electrons. The van der Waals surface area contributed by atoms with Crippen LogP contribution in [0.4, 0.5) is 10.3 Å². The summed E-state index contributed by atoms with van der Waals surface area (Å²) in [6.45, 7) is 0. The van der Waals surface area contributed by atoms with E-state index in [2.05, 4.69) is 10.1 Å². The molecule has 1 aromatic carbocycles. The van der Waals surface area contributed by atoms with Gasteiger partial charge in [0.15, 0.2) is 0 Å². The normalized spacial score (nSPS) is 25.3. The van der Waals surface area contributed by atoms with Crippen LogP contribution in [0.2, 0.25) is 5.02 Å². The molecule has 3 N–H and O–H groups in total. The van der Waals surface area contributed by atoms with Crippen LogP contribution in [0.15, 0.2) is 29.3 Å². The van der Waals surface area contributed by atoms with Gasteiger partial charge in [-0.25, -0.2) is 4.39 Å². The number of fused-ring (bicyclic) bond motifs is 4. The topological polar surface area (TPSA) is 97.8 Å². The van der Waals surface area contributed by atoms with E-state index in [4.69, 9.17) is 22.3 Å². The van der Waals surface area contributed by atoms with E-state index >= 15 is 0 Å². The zero-order chi connectivity index (χ0) is 22.3. The highest BCUT2D eigenvalue weighted by molar-refractivity contribution is 6.38. The van der Waals surface area contributed by atoms with E-state index in [0.29, 0.717) is 40.4 Å². The molecular weight excluding hydrogens is 433 g/mol. The number of aromatic nitrogens is 5. The van der Waals surface area contributed by atoms with Crippen molar-refractivity contribution < 1.29 is 4.39 Å². The van der Waals surface area contributed by atoms with Gasteiger partial charge in [0.25, 0.3) is 5.56 Å². The molecule has 0 aliphatic carbocycles. The van der Waals surface area contributed by atoms with E-state index in [0.717, 1.165) is 22.9 Å². The quantitative estimate of drug-likeness (QED) is 0.484. The lowest BCUT2D eigenvalue weighted by Crippen LogP contribution is -2.56. The van der Waals surface area contributed by atoms with E-state index in [9.17, 15) is 9.18 Å². The van der Waals surface area contributed by atoms with Gasteiger partial charge in [0.05, 0.1) is 22.0 Å². The minimum Gasteiger partial charge on any atom is -0.345 e. The summed E-state index contributed by atoms with van der Waals surface area (Å²) in [5, 5.41) is 6.19. The summed E-state index contributed by atoms with van der Waals surface area (Å²) in [6, 6.07) is 3.03. The molecular formula is C22H23ClFN7O. The van der Waals surface area contributed by atoms with Crippen LogP contribution >= 0.6 is 11.6 Å². The minimum absolute atomic E-state index is 0.0921. The number of aromatic amines is 1. The van der Waals surface area contributed by atoms with Gasteiger partial charge in [-0.3, -0.25) is 14.0 Å². The Hall–Kier alpha value is -2.91. The lowest BCUT2D eigenvalue weighted by molar-refractivity contribution is 0.202. The first-order valence-electron chi connectivity index (χ1n) is 10.7. The van der Waals surface area contributed by atoms with Gasteiger partial charge in [0, 0.05) is 55.1 Å². The molecule has 5 heterocycles. The number of hydrogen-bond donors (Lipinski definition) is 2. The zero-order valence-corrected chi connectivity index (χ0v) is 18.5. The summed E-state index contributed by atoms with van der Waals surface area (Å²) in [5.41, 5.74) is 8.47. The fraction of sp³-hybridized carbons (Fsp3) is 0.409. The SMILES string of the molecule is Cn1cc2c(Cl)c(-c3c[nH]c4nc(N5[C@H]6CC[C@@H]5[C@H](F)[C@H](N)C6)n(C)c(=O)c34)ccc2n1. The highest BCUT2D eigenvalue weighted by Crippen LogP contribution is 2.40. The van der Waals surface area contributed by atoms with Crippen molar-refractivity contribution in [3.05, 3.63) is 39.9 Å². The van der Waals surface area contributed by atoms with Crippen LogP contribution in [-0.4, -0.2) is 48.6 Å². The van der Waals surface area contributed by atoms with Crippen molar-refractivity contribution in [2.75, 3.05) is 4.90 Å². The number of alkyl halides is 1. The van der Waals surface area contributed by atoms with Crippen LogP contribution in [0.25, 0.3) is 33.1 Å². The fourth-order valence-corrected chi connectivity index (χ4v) is 5.79. The number of rotatable bonds is 2. The number of H-pyrrole nitrogens is 1. The first-order valence-corrected chi connectivity index (χ1v) is 11.1. The molecule has 0 spiro atoms. The molecule has 2 bridgehead atoms. The highest BCUT2D eigenvalue weighted by Gasteiger charge is 2.48. The second-order valence-electron chi connectivity index (χ2n) is 8.91. The largest absolute Gasteiger partial charge is 0.345 e. The van der Waals surface area contributed by atoms with Crippen molar-refractivity contribution >= 4 is 39.5 Å².